The number of para-hydroxylation sites is 2. The summed E-state index contributed by atoms with van der Waals surface area (Å²) < 4.78 is 0. The van der Waals surface area contributed by atoms with E-state index in [0.29, 0.717) is 11.5 Å². The van der Waals surface area contributed by atoms with Crippen LogP contribution in [0.5, 0.6) is 0 Å². The van der Waals surface area contributed by atoms with E-state index in [1.165, 1.54) is 6.33 Å². The second-order valence-electron chi connectivity index (χ2n) is 5.23. The van der Waals surface area contributed by atoms with Gasteiger partial charge in [0.05, 0.1) is 6.33 Å². The van der Waals surface area contributed by atoms with Crippen LogP contribution in [-0.4, -0.2) is 22.2 Å². The lowest BCUT2D eigenvalue weighted by Crippen LogP contribution is -2.59. The van der Waals surface area contributed by atoms with E-state index in [0.717, 1.165) is 11.4 Å². The molecule has 23 heavy (non-hydrogen) atoms. The fourth-order valence-electron chi connectivity index (χ4n) is 2.84. The van der Waals surface area contributed by atoms with Gasteiger partial charge in [-0.3, -0.25) is 20.3 Å². The van der Waals surface area contributed by atoms with Gasteiger partial charge in [-0.15, -0.1) is 0 Å². The zero-order valence-corrected chi connectivity index (χ0v) is 12.3. The maximum absolute atomic E-state index is 12.8. The van der Waals surface area contributed by atoms with Crippen LogP contribution in [0, 0.1) is 0 Å². The highest BCUT2D eigenvalue weighted by atomic mass is 16.2. The van der Waals surface area contributed by atoms with E-state index in [9.17, 15) is 4.79 Å². The van der Waals surface area contributed by atoms with Gasteiger partial charge in [0, 0.05) is 11.4 Å². The summed E-state index contributed by atoms with van der Waals surface area (Å²) in [5.41, 5.74) is 8.42. The quantitative estimate of drug-likeness (QED) is 0.762. The molecule has 3 aromatic rings. The average molecular weight is 305 g/mol. The lowest BCUT2D eigenvalue weighted by atomic mass is 10.2. The molecule has 1 aliphatic heterocycles. The Hall–Kier alpha value is -3.12. The molecule has 6 heteroatoms. The molecule has 0 bridgehead atoms. The van der Waals surface area contributed by atoms with Crippen molar-refractivity contribution in [1.82, 2.24) is 9.97 Å². The largest absolute Gasteiger partial charge is 0.330 e. The first kappa shape index (κ1) is 13.5. The number of hydrogen-bond acceptors (Lipinski definition) is 4. The summed E-state index contributed by atoms with van der Waals surface area (Å²) in [5.74, 6) is 0.396. The summed E-state index contributed by atoms with van der Waals surface area (Å²) in [7, 11) is 0. The normalized spacial score (nSPS) is 17.3. The summed E-state index contributed by atoms with van der Waals surface area (Å²) in [6.45, 7) is 0. The summed E-state index contributed by atoms with van der Waals surface area (Å²) in [4.78, 5) is 23.4. The Morgan fingerprint density at radius 1 is 0.913 bits per heavy atom. The molecule has 0 fully saturated rings. The van der Waals surface area contributed by atoms with Gasteiger partial charge in [-0.05, 0) is 24.3 Å². The molecule has 114 valence electrons. The third-order valence-electron chi connectivity index (χ3n) is 3.88. The lowest BCUT2D eigenvalue weighted by molar-refractivity contribution is 0.0967. The molecule has 1 amide bonds. The first-order valence-corrected chi connectivity index (χ1v) is 7.29. The second kappa shape index (κ2) is 5.26. The minimum atomic E-state index is -0.666. The van der Waals surface area contributed by atoms with Crippen molar-refractivity contribution in [1.29, 1.82) is 0 Å². The maximum atomic E-state index is 12.8. The third kappa shape index (κ3) is 2.08. The van der Waals surface area contributed by atoms with E-state index in [1.54, 1.807) is 4.90 Å². The van der Waals surface area contributed by atoms with Crippen LogP contribution < -0.4 is 15.5 Å². The molecule has 6 nitrogen and oxygen atoms in total. The molecule has 2 heterocycles. The summed E-state index contributed by atoms with van der Waals surface area (Å²) in [6.07, 6.45) is 0.847. The molecule has 0 aliphatic carbocycles. The summed E-state index contributed by atoms with van der Waals surface area (Å²) in [6, 6.07) is 19.1. The van der Waals surface area contributed by atoms with Gasteiger partial charge in [-0.25, -0.2) is 4.98 Å². The Morgan fingerprint density at radius 2 is 1.48 bits per heavy atom. The number of nitrogens with one attached hydrogen (secondary N) is 1. The van der Waals surface area contributed by atoms with Crippen molar-refractivity contribution < 1.29 is 4.79 Å². The molecule has 0 saturated heterocycles. The molecule has 1 aromatic heterocycles. The number of H-pyrrole nitrogens is 1. The van der Waals surface area contributed by atoms with Gasteiger partial charge in [-0.2, -0.15) is 0 Å². The Kier molecular flexibility index (Phi) is 3.09. The van der Waals surface area contributed by atoms with E-state index < -0.39 is 6.29 Å². The number of hydrogen-bond donors (Lipinski definition) is 2. The molecule has 4 rings (SSSR count). The van der Waals surface area contributed by atoms with Crippen LogP contribution in [0.4, 0.5) is 17.2 Å². The van der Waals surface area contributed by atoms with Crippen molar-refractivity contribution in [2.24, 2.45) is 5.73 Å². The van der Waals surface area contributed by atoms with Crippen molar-refractivity contribution in [3.63, 3.8) is 0 Å². The van der Waals surface area contributed by atoms with Crippen molar-refractivity contribution >= 4 is 23.1 Å². The highest BCUT2D eigenvalue weighted by Gasteiger charge is 2.39. The summed E-state index contributed by atoms with van der Waals surface area (Å²) >= 11 is 0. The monoisotopic (exact) mass is 305 g/mol. The van der Waals surface area contributed by atoms with Crippen LogP contribution >= 0.6 is 0 Å². The smallest absolute Gasteiger partial charge is 0.283 e. The molecule has 1 atom stereocenters. The van der Waals surface area contributed by atoms with Gasteiger partial charge in [0.2, 0.25) is 0 Å². The number of anilines is 3. The number of amides is 1. The fourth-order valence-corrected chi connectivity index (χ4v) is 2.84. The van der Waals surface area contributed by atoms with E-state index in [2.05, 4.69) is 9.97 Å². The van der Waals surface area contributed by atoms with Gasteiger partial charge in [0.25, 0.3) is 5.91 Å². The van der Waals surface area contributed by atoms with Crippen molar-refractivity contribution in [2.75, 3.05) is 9.80 Å². The van der Waals surface area contributed by atoms with E-state index >= 15 is 0 Å². The first-order valence-electron chi connectivity index (χ1n) is 7.29. The molecule has 0 saturated carbocycles. The molecule has 1 aliphatic rings. The Bertz CT molecular complexity index is 830. The highest BCUT2D eigenvalue weighted by Crippen LogP contribution is 2.35. The van der Waals surface area contributed by atoms with Crippen LogP contribution in [0.25, 0.3) is 0 Å². The van der Waals surface area contributed by atoms with Gasteiger partial charge >= 0.3 is 0 Å². The Labute approximate surface area is 133 Å². The minimum Gasteiger partial charge on any atom is -0.330 e. The molecular formula is C17H15N5O. The molecular weight excluding hydrogens is 290 g/mol. The van der Waals surface area contributed by atoms with Crippen LogP contribution in [-0.2, 0) is 0 Å². The van der Waals surface area contributed by atoms with Gasteiger partial charge in [0.1, 0.15) is 5.82 Å². The molecule has 3 N–H and O–H groups in total. The first-order chi connectivity index (χ1) is 11.3. The number of imidazole rings is 1. The minimum absolute atomic E-state index is 0.216. The number of benzene rings is 2. The number of carbonyl (C=O) groups excluding carboxylic acids is 1. The number of nitrogens with two attached hydrogens (primary N) is 1. The fraction of sp³-hybridized carbons (Fsp3) is 0.0588. The number of carbonyl (C=O) groups is 1. The lowest BCUT2D eigenvalue weighted by Gasteiger charge is -2.41. The van der Waals surface area contributed by atoms with Crippen molar-refractivity contribution in [3.05, 3.63) is 72.7 Å². The predicted molar refractivity (Wildman–Crippen MR) is 88.4 cm³/mol. The van der Waals surface area contributed by atoms with Crippen LogP contribution in [0.15, 0.2) is 67.0 Å². The SMILES string of the molecule is NC1N(c2ccccc2)C(=O)c2nc[nH]c2N1c1ccccc1. The number of fused-ring (bicyclic) bond motifs is 1. The number of nitrogens with zero attached hydrogens (tertiary/aromatic N) is 3. The van der Waals surface area contributed by atoms with Crippen molar-refractivity contribution in [3.8, 4) is 0 Å². The zero-order valence-electron chi connectivity index (χ0n) is 12.3. The van der Waals surface area contributed by atoms with E-state index in [1.807, 2.05) is 65.6 Å². The van der Waals surface area contributed by atoms with Gasteiger partial charge in [0.15, 0.2) is 12.0 Å². The van der Waals surface area contributed by atoms with Crippen molar-refractivity contribution in [2.45, 2.75) is 6.29 Å². The number of aromatic amines is 1. The van der Waals surface area contributed by atoms with Crippen LogP contribution in [0.3, 0.4) is 0 Å². The molecule has 2 aromatic carbocycles. The Balaban J connectivity index is 1.88. The molecule has 0 spiro atoms. The second-order valence-corrected chi connectivity index (χ2v) is 5.23. The maximum Gasteiger partial charge on any atom is 0.283 e. The van der Waals surface area contributed by atoms with Crippen LogP contribution in [0.2, 0.25) is 0 Å². The predicted octanol–water partition coefficient (Wildman–Crippen LogP) is 2.45. The number of rotatable bonds is 2. The van der Waals surface area contributed by atoms with E-state index in [-0.39, 0.29) is 5.91 Å². The number of aromatic nitrogens is 2. The topological polar surface area (TPSA) is 78.2 Å². The molecule has 0 radical (unpaired) electrons. The van der Waals surface area contributed by atoms with Gasteiger partial charge in [-0.1, -0.05) is 36.4 Å². The van der Waals surface area contributed by atoms with Gasteiger partial charge < -0.3 is 4.98 Å². The highest BCUT2D eigenvalue weighted by molar-refractivity contribution is 6.11. The standard InChI is InChI=1S/C17H15N5O/c18-17-21(12-7-3-1-4-8-12)15-14(19-11-20-15)16(23)22(17)13-9-5-2-6-10-13/h1-11,17H,18H2,(H,19,20). The van der Waals surface area contributed by atoms with E-state index in [4.69, 9.17) is 5.73 Å². The summed E-state index contributed by atoms with van der Waals surface area (Å²) in [5, 5.41) is 0. The Morgan fingerprint density at radius 3 is 2.09 bits per heavy atom. The molecule has 1 unspecified atom stereocenters. The zero-order chi connectivity index (χ0) is 15.8. The average Bonchev–Trinajstić information content (AvgIpc) is 3.07. The third-order valence-corrected chi connectivity index (χ3v) is 3.88. The van der Waals surface area contributed by atoms with Crippen LogP contribution in [0.1, 0.15) is 10.5 Å².